The van der Waals surface area contributed by atoms with Gasteiger partial charge in [-0.05, 0) is 13.0 Å². The second-order valence-corrected chi connectivity index (χ2v) is 1.83. The van der Waals surface area contributed by atoms with E-state index in [0.29, 0.717) is 5.92 Å². The van der Waals surface area contributed by atoms with Crippen molar-refractivity contribution in [3.8, 4) is 11.8 Å². The first kappa shape index (κ1) is 8.08. The second kappa shape index (κ2) is 5.22. The molecule has 0 heteroatoms. The molecule has 0 saturated carbocycles. The molecule has 48 valence electrons. The molecule has 0 nitrogen and oxygen atoms in total. The van der Waals surface area contributed by atoms with Crippen molar-refractivity contribution in [2.75, 3.05) is 0 Å². The smallest absolute Gasteiger partial charge is 0.0428 e. The predicted octanol–water partition coefficient (Wildman–Crippen LogP) is 2.38. The van der Waals surface area contributed by atoms with Crippen LogP contribution in [0.1, 0.15) is 20.3 Å². The average Bonchev–Trinajstić information content (AvgIpc) is 1.85. The van der Waals surface area contributed by atoms with Crippen LogP contribution in [0.5, 0.6) is 0 Å². The molecule has 0 aromatic carbocycles. The van der Waals surface area contributed by atoms with Crippen LogP contribution in [-0.4, -0.2) is 0 Å². The van der Waals surface area contributed by atoms with Crippen LogP contribution in [-0.2, 0) is 0 Å². The fraction of sp³-hybridized carbons (Fsp3) is 0.444. The molecular formula is C9H12. The molecule has 1 unspecified atom stereocenters. The highest BCUT2D eigenvalue weighted by atomic mass is 13.9. The molecule has 0 saturated heterocycles. The molecule has 0 heterocycles. The molecular weight excluding hydrogens is 108 g/mol. The molecule has 9 heavy (non-hydrogen) atoms. The van der Waals surface area contributed by atoms with E-state index in [1.54, 1.807) is 0 Å². The summed E-state index contributed by atoms with van der Waals surface area (Å²) in [7, 11) is 0. The standard InChI is InChI=1S/C9H12/c1-4-6-8-9(3)7-5-2/h7,9H,2,4H2,1,3H3. The zero-order valence-electron chi connectivity index (χ0n) is 6.07. The van der Waals surface area contributed by atoms with Crippen LogP contribution < -0.4 is 0 Å². The summed E-state index contributed by atoms with van der Waals surface area (Å²) >= 11 is 0. The Balaban J connectivity index is 3.75. The van der Waals surface area contributed by atoms with Crippen molar-refractivity contribution >= 4 is 0 Å². The van der Waals surface area contributed by atoms with Gasteiger partial charge < -0.3 is 0 Å². The summed E-state index contributed by atoms with van der Waals surface area (Å²) in [6.45, 7) is 7.53. The zero-order chi connectivity index (χ0) is 7.11. The Bertz CT molecular complexity index is 160. The van der Waals surface area contributed by atoms with Gasteiger partial charge in [0.2, 0.25) is 0 Å². The predicted molar refractivity (Wildman–Crippen MR) is 40.9 cm³/mol. The van der Waals surface area contributed by atoms with Gasteiger partial charge in [-0.25, -0.2) is 0 Å². The van der Waals surface area contributed by atoms with Crippen LogP contribution in [0.15, 0.2) is 18.4 Å². The highest BCUT2D eigenvalue weighted by molar-refractivity contribution is 5.08. The molecule has 0 aromatic heterocycles. The van der Waals surface area contributed by atoms with Gasteiger partial charge in [0.25, 0.3) is 0 Å². The monoisotopic (exact) mass is 120 g/mol. The van der Waals surface area contributed by atoms with Crippen LogP contribution in [0.3, 0.4) is 0 Å². The first-order chi connectivity index (χ1) is 4.31. The highest BCUT2D eigenvalue weighted by Gasteiger charge is 1.83. The van der Waals surface area contributed by atoms with Gasteiger partial charge in [0, 0.05) is 12.3 Å². The fourth-order valence-corrected chi connectivity index (χ4v) is 0.481. The summed E-state index contributed by atoms with van der Waals surface area (Å²) in [5.74, 6) is 6.32. The molecule has 0 aromatic rings. The SMILES string of the molecule is C=C=CC(C)C#CCC. The van der Waals surface area contributed by atoms with E-state index in [2.05, 4.69) is 24.2 Å². The molecule has 0 aliphatic rings. The first-order valence-electron chi connectivity index (χ1n) is 3.15. The van der Waals surface area contributed by atoms with Gasteiger partial charge in [-0.1, -0.05) is 19.4 Å². The van der Waals surface area contributed by atoms with Crippen LogP contribution >= 0.6 is 0 Å². The molecule has 0 aliphatic carbocycles. The minimum absolute atomic E-state index is 0.308. The van der Waals surface area contributed by atoms with Gasteiger partial charge >= 0.3 is 0 Å². The first-order valence-corrected chi connectivity index (χ1v) is 3.15. The van der Waals surface area contributed by atoms with Gasteiger partial charge in [0.05, 0.1) is 0 Å². The molecule has 0 bridgehead atoms. The third-order valence-corrected chi connectivity index (χ3v) is 0.874. The fourth-order valence-electron chi connectivity index (χ4n) is 0.481. The van der Waals surface area contributed by atoms with E-state index in [1.807, 2.05) is 19.9 Å². The maximum atomic E-state index is 3.46. The van der Waals surface area contributed by atoms with E-state index in [4.69, 9.17) is 0 Å². The topological polar surface area (TPSA) is 0 Å². The van der Waals surface area contributed by atoms with Crippen molar-refractivity contribution in [2.24, 2.45) is 5.92 Å². The molecule has 0 aliphatic heterocycles. The van der Waals surface area contributed by atoms with Crippen molar-refractivity contribution in [2.45, 2.75) is 20.3 Å². The van der Waals surface area contributed by atoms with Gasteiger partial charge in [0.15, 0.2) is 0 Å². The lowest BCUT2D eigenvalue weighted by atomic mass is 10.2. The molecule has 0 N–H and O–H groups in total. The van der Waals surface area contributed by atoms with Crippen molar-refractivity contribution in [1.29, 1.82) is 0 Å². The van der Waals surface area contributed by atoms with Crippen molar-refractivity contribution in [3.63, 3.8) is 0 Å². The number of rotatable bonds is 1. The van der Waals surface area contributed by atoms with Crippen LogP contribution in [0.2, 0.25) is 0 Å². The van der Waals surface area contributed by atoms with Crippen molar-refractivity contribution in [1.82, 2.24) is 0 Å². The molecule has 1 atom stereocenters. The van der Waals surface area contributed by atoms with E-state index < -0.39 is 0 Å². The molecule has 0 fully saturated rings. The van der Waals surface area contributed by atoms with Gasteiger partial charge in [-0.2, -0.15) is 0 Å². The van der Waals surface area contributed by atoms with Gasteiger partial charge in [-0.3, -0.25) is 0 Å². The largest absolute Gasteiger partial charge is 0.132 e. The van der Waals surface area contributed by atoms with E-state index in [9.17, 15) is 0 Å². The molecule has 0 spiro atoms. The van der Waals surface area contributed by atoms with E-state index in [1.165, 1.54) is 0 Å². The number of allylic oxidation sites excluding steroid dienone is 1. The Labute approximate surface area is 57.3 Å². The summed E-state index contributed by atoms with van der Waals surface area (Å²) in [6.07, 6.45) is 2.79. The van der Waals surface area contributed by atoms with Crippen molar-refractivity contribution < 1.29 is 0 Å². The quantitative estimate of drug-likeness (QED) is 0.368. The Hall–Kier alpha value is -0.920. The average molecular weight is 120 g/mol. The van der Waals surface area contributed by atoms with Crippen molar-refractivity contribution in [3.05, 3.63) is 18.4 Å². The third-order valence-electron chi connectivity index (χ3n) is 0.874. The molecule has 0 radical (unpaired) electrons. The lowest BCUT2D eigenvalue weighted by Gasteiger charge is -1.87. The minimum atomic E-state index is 0.308. The van der Waals surface area contributed by atoms with E-state index >= 15 is 0 Å². The van der Waals surface area contributed by atoms with Gasteiger partial charge in [0.1, 0.15) is 0 Å². The summed E-state index contributed by atoms with van der Waals surface area (Å²) in [6, 6.07) is 0. The Kier molecular flexibility index (Phi) is 4.69. The number of hydrogen-bond donors (Lipinski definition) is 0. The van der Waals surface area contributed by atoms with Crippen LogP contribution in [0.25, 0.3) is 0 Å². The van der Waals surface area contributed by atoms with E-state index in [-0.39, 0.29) is 0 Å². The lowest BCUT2D eigenvalue weighted by Crippen LogP contribution is -1.79. The summed E-state index contributed by atoms with van der Waals surface area (Å²) in [5.41, 5.74) is 2.70. The summed E-state index contributed by atoms with van der Waals surface area (Å²) < 4.78 is 0. The van der Waals surface area contributed by atoms with Crippen LogP contribution in [0.4, 0.5) is 0 Å². The lowest BCUT2D eigenvalue weighted by molar-refractivity contribution is 0.979. The zero-order valence-corrected chi connectivity index (χ0v) is 6.07. The molecule has 0 rings (SSSR count). The van der Waals surface area contributed by atoms with Gasteiger partial charge in [-0.15, -0.1) is 11.7 Å². The van der Waals surface area contributed by atoms with E-state index in [0.717, 1.165) is 6.42 Å². The Morgan fingerprint density at radius 2 is 2.33 bits per heavy atom. The highest BCUT2D eigenvalue weighted by Crippen LogP contribution is 1.91. The number of hydrogen-bond acceptors (Lipinski definition) is 0. The van der Waals surface area contributed by atoms with Crippen LogP contribution in [0, 0.1) is 17.8 Å². The summed E-state index contributed by atoms with van der Waals surface area (Å²) in [4.78, 5) is 0. The maximum Gasteiger partial charge on any atom is 0.0428 e. The Morgan fingerprint density at radius 1 is 1.67 bits per heavy atom. The normalized spacial score (nSPS) is 10.4. The minimum Gasteiger partial charge on any atom is -0.132 e. The second-order valence-electron chi connectivity index (χ2n) is 1.83. The summed E-state index contributed by atoms with van der Waals surface area (Å²) in [5, 5.41) is 0. The maximum absolute atomic E-state index is 3.46. The third kappa shape index (κ3) is 4.94. The Morgan fingerprint density at radius 3 is 2.78 bits per heavy atom. The molecule has 0 amide bonds.